The normalized spacial score (nSPS) is 17.9. The summed E-state index contributed by atoms with van der Waals surface area (Å²) in [7, 11) is 0. The lowest BCUT2D eigenvalue weighted by Crippen LogP contribution is -2.28. The molecule has 0 radical (unpaired) electrons. The van der Waals surface area contributed by atoms with Crippen LogP contribution in [0.3, 0.4) is 0 Å². The van der Waals surface area contributed by atoms with E-state index in [9.17, 15) is 13.2 Å². The van der Waals surface area contributed by atoms with Gasteiger partial charge in [0, 0.05) is 17.3 Å². The van der Waals surface area contributed by atoms with E-state index in [1.807, 2.05) is 0 Å². The highest BCUT2D eigenvalue weighted by Gasteiger charge is 2.31. The minimum atomic E-state index is -2.39. The maximum atomic E-state index is 13.3. The Morgan fingerprint density at radius 2 is 2.07 bits per heavy atom. The van der Waals surface area contributed by atoms with Crippen LogP contribution in [-0.2, 0) is 11.3 Å². The molecule has 0 N–H and O–H groups in total. The second-order valence-corrected chi connectivity index (χ2v) is 4.05. The van der Waals surface area contributed by atoms with Gasteiger partial charge in [-0.05, 0) is 25.0 Å². The van der Waals surface area contributed by atoms with E-state index in [4.69, 9.17) is 0 Å². The van der Waals surface area contributed by atoms with Gasteiger partial charge in [-0.15, -0.1) is 0 Å². The Kier molecular flexibility index (Phi) is 2.52. The zero-order valence-electron chi connectivity index (χ0n) is 7.35. The maximum absolute atomic E-state index is 13.3. The molecule has 0 bridgehead atoms. The predicted molar refractivity (Wildman–Crippen MR) is 50.8 cm³/mol. The van der Waals surface area contributed by atoms with Crippen LogP contribution in [0.15, 0.2) is 24.3 Å². The quantitative estimate of drug-likeness (QED) is 0.717. The average molecular weight is 214 g/mol. The number of nitrogens with zero attached hydrogens (tertiary/aromatic N) is 1. The lowest BCUT2D eigenvalue weighted by molar-refractivity contribution is 0.529. The lowest BCUT2D eigenvalue weighted by Gasteiger charge is -2.26. The van der Waals surface area contributed by atoms with E-state index >= 15 is 0 Å². The largest absolute Gasteiger partial charge is 0.755 e. The molecule has 0 aromatic heterocycles. The summed E-state index contributed by atoms with van der Waals surface area (Å²) in [5.41, 5.74) is 0.142. The molecule has 1 aliphatic carbocycles. The highest BCUT2D eigenvalue weighted by atomic mass is 32.2. The van der Waals surface area contributed by atoms with Crippen molar-refractivity contribution in [3.05, 3.63) is 30.1 Å². The van der Waals surface area contributed by atoms with Crippen molar-refractivity contribution in [1.29, 1.82) is 0 Å². The predicted octanol–water partition coefficient (Wildman–Crippen LogP) is 1.59. The molecule has 1 fully saturated rings. The van der Waals surface area contributed by atoms with Crippen molar-refractivity contribution in [3.63, 3.8) is 0 Å². The van der Waals surface area contributed by atoms with E-state index in [0.717, 1.165) is 17.1 Å². The molecule has 1 atom stereocenters. The van der Waals surface area contributed by atoms with Gasteiger partial charge < -0.3 is 4.55 Å². The first-order valence-electron chi connectivity index (χ1n) is 4.33. The smallest absolute Gasteiger partial charge is 0.147 e. The van der Waals surface area contributed by atoms with E-state index < -0.39 is 17.1 Å². The van der Waals surface area contributed by atoms with Crippen LogP contribution in [-0.4, -0.2) is 14.8 Å². The molecule has 5 heteroatoms. The van der Waals surface area contributed by atoms with Crippen molar-refractivity contribution in [2.45, 2.75) is 18.9 Å². The Bertz CT molecular complexity index is 368. The first-order valence-corrected chi connectivity index (χ1v) is 5.36. The third-order valence-electron chi connectivity index (χ3n) is 2.13. The van der Waals surface area contributed by atoms with Crippen LogP contribution < -0.4 is 4.31 Å². The fourth-order valence-corrected chi connectivity index (χ4v) is 2.10. The maximum Gasteiger partial charge on any atom is 0.147 e. The van der Waals surface area contributed by atoms with Crippen LogP contribution in [0.25, 0.3) is 0 Å². The summed E-state index contributed by atoms with van der Waals surface area (Å²) in [6, 6.07) is 5.85. The van der Waals surface area contributed by atoms with E-state index in [0.29, 0.717) is 0 Å². The van der Waals surface area contributed by atoms with Crippen molar-refractivity contribution in [2.75, 3.05) is 4.31 Å². The second kappa shape index (κ2) is 3.67. The molecule has 0 heterocycles. The Morgan fingerprint density at radius 1 is 1.43 bits per heavy atom. The monoisotopic (exact) mass is 214 g/mol. The van der Waals surface area contributed by atoms with Crippen LogP contribution in [0, 0.1) is 5.82 Å². The molecule has 0 spiro atoms. The Morgan fingerprint density at radius 3 is 2.57 bits per heavy atom. The Hall–Kier alpha value is -0.940. The second-order valence-electron chi connectivity index (χ2n) is 3.23. The van der Waals surface area contributed by atoms with Crippen molar-refractivity contribution < 1.29 is 13.2 Å². The number of hydrogen-bond acceptors (Lipinski definition) is 2. The minimum Gasteiger partial charge on any atom is -0.755 e. The molecule has 0 aliphatic heterocycles. The standard InChI is InChI=1S/C9H10FNO2S/c10-8-3-1-2-4-9(8)11(14(12)13)7-5-6-7/h1-4,7H,5-6H2,(H,12,13)/p-1. The Balaban J connectivity index is 2.35. The van der Waals surface area contributed by atoms with E-state index in [1.165, 1.54) is 18.2 Å². The Labute approximate surface area is 84.0 Å². The van der Waals surface area contributed by atoms with Crippen LogP contribution >= 0.6 is 0 Å². The van der Waals surface area contributed by atoms with Crippen molar-refractivity contribution >= 4 is 17.0 Å². The number of anilines is 1. The van der Waals surface area contributed by atoms with Crippen molar-refractivity contribution in [2.24, 2.45) is 0 Å². The SMILES string of the molecule is O=S([O-])N(c1ccccc1F)C1CC1. The highest BCUT2D eigenvalue weighted by Crippen LogP contribution is 2.33. The van der Waals surface area contributed by atoms with Gasteiger partial charge >= 0.3 is 0 Å². The number of hydrogen-bond donors (Lipinski definition) is 0. The molecule has 0 amide bonds. The number of para-hydroxylation sites is 1. The molecule has 1 saturated carbocycles. The van der Waals surface area contributed by atoms with E-state index in [2.05, 4.69) is 0 Å². The van der Waals surface area contributed by atoms with Crippen LogP contribution in [0.2, 0.25) is 0 Å². The first-order chi connectivity index (χ1) is 6.70. The van der Waals surface area contributed by atoms with Crippen molar-refractivity contribution in [3.8, 4) is 0 Å². The molecule has 1 aromatic rings. The molecular formula is C9H9FNO2S-. The van der Waals surface area contributed by atoms with E-state index in [-0.39, 0.29) is 11.7 Å². The van der Waals surface area contributed by atoms with Crippen LogP contribution in [0.4, 0.5) is 10.1 Å². The topological polar surface area (TPSA) is 43.4 Å². The fraction of sp³-hybridized carbons (Fsp3) is 0.333. The molecule has 1 unspecified atom stereocenters. The molecule has 76 valence electrons. The minimum absolute atomic E-state index is 0.0507. The highest BCUT2D eigenvalue weighted by molar-refractivity contribution is 7.80. The summed E-state index contributed by atoms with van der Waals surface area (Å²) in [6.07, 6.45) is 1.62. The summed E-state index contributed by atoms with van der Waals surface area (Å²) in [4.78, 5) is 0. The lowest BCUT2D eigenvalue weighted by atomic mass is 10.3. The zero-order chi connectivity index (χ0) is 10.1. The molecule has 0 saturated heterocycles. The summed E-state index contributed by atoms with van der Waals surface area (Å²) >= 11 is -2.39. The van der Waals surface area contributed by atoms with Gasteiger partial charge in [0.1, 0.15) is 5.82 Å². The first kappa shape index (κ1) is 9.61. The number of rotatable bonds is 3. The van der Waals surface area contributed by atoms with Crippen LogP contribution in [0.5, 0.6) is 0 Å². The molecular weight excluding hydrogens is 205 g/mol. The molecule has 1 aromatic carbocycles. The van der Waals surface area contributed by atoms with Crippen molar-refractivity contribution in [1.82, 2.24) is 0 Å². The summed E-state index contributed by atoms with van der Waals surface area (Å²) in [5.74, 6) is -0.497. The molecule has 1 aliphatic rings. The van der Waals surface area contributed by atoms with Gasteiger partial charge in [-0.3, -0.25) is 8.51 Å². The number of halogens is 1. The van der Waals surface area contributed by atoms with Gasteiger partial charge in [-0.25, -0.2) is 4.39 Å². The third-order valence-corrected chi connectivity index (χ3v) is 2.95. The van der Waals surface area contributed by atoms with E-state index in [1.54, 1.807) is 6.07 Å². The zero-order valence-corrected chi connectivity index (χ0v) is 8.17. The average Bonchev–Trinajstić information content (AvgIpc) is 2.92. The van der Waals surface area contributed by atoms with Gasteiger partial charge in [0.25, 0.3) is 0 Å². The fourth-order valence-electron chi connectivity index (χ4n) is 1.34. The third kappa shape index (κ3) is 1.78. The van der Waals surface area contributed by atoms with Gasteiger partial charge in [-0.2, -0.15) is 0 Å². The van der Waals surface area contributed by atoms with Crippen LogP contribution in [0.1, 0.15) is 12.8 Å². The summed E-state index contributed by atoms with van der Waals surface area (Å²) < 4.78 is 36.2. The summed E-state index contributed by atoms with van der Waals surface area (Å²) in [6.45, 7) is 0. The van der Waals surface area contributed by atoms with Gasteiger partial charge in [0.05, 0.1) is 5.69 Å². The summed E-state index contributed by atoms with van der Waals surface area (Å²) in [5, 5.41) is 0. The van der Waals surface area contributed by atoms with Gasteiger partial charge in [0.15, 0.2) is 0 Å². The van der Waals surface area contributed by atoms with Gasteiger partial charge in [0.2, 0.25) is 0 Å². The molecule has 14 heavy (non-hydrogen) atoms. The molecule has 2 rings (SSSR count). The van der Waals surface area contributed by atoms with Gasteiger partial charge in [-0.1, -0.05) is 12.1 Å². The molecule has 3 nitrogen and oxygen atoms in total. The number of benzene rings is 1.